The second-order valence-electron chi connectivity index (χ2n) is 13.1. The first kappa shape index (κ1) is 42.0. The van der Waals surface area contributed by atoms with Gasteiger partial charge in [0.2, 0.25) is 35.4 Å². The molecule has 0 aliphatic carbocycles. The normalized spacial score (nSPS) is 13.1. The van der Waals surface area contributed by atoms with E-state index in [0.29, 0.717) is 17.7 Å². The molecule has 0 bridgehead atoms. The van der Waals surface area contributed by atoms with E-state index in [1.54, 1.807) is 36.4 Å². The summed E-state index contributed by atoms with van der Waals surface area (Å²) >= 11 is 1.50. The molecule has 0 saturated carbocycles. The lowest BCUT2D eigenvalue weighted by Gasteiger charge is -2.24. The zero-order valence-electron chi connectivity index (χ0n) is 30.3. The number of thioether (sulfide) groups is 1. The highest BCUT2D eigenvalue weighted by molar-refractivity contribution is 7.98. The molecule has 0 heterocycles. The Morgan fingerprint density at radius 3 is 1.68 bits per heavy atom. The van der Waals surface area contributed by atoms with Crippen molar-refractivity contribution in [1.29, 1.82) is 0 Å². The third-order valence-electron chi connectivity index (χ3n) is 8.20. The maximum Gasteiger partial charge on any atom is 0.243 e. The maximum absolute atomic E-state index is 13.9. The Morgan fingerprint density at radius 1 is 0.642 bits per heavy atom. The highest BCUT2D eigenvalue weighted by Gasteiger charge is 2.29. The Morgan fingerprint density at radius 2 is 1.15 bits per heavy atom. The summed E-state index contributed by atoms with van der Waals surface area (Å²) in [6.45, 7) is 3.26. The molecule has 0 aromatic heterocycles. The topological polar surface area (TPSA) is 209 Å². The highest BCUT2D eigenvalue weighted by atomic mass is 32.2. The van der Waals surface area contributed by atoms with Crippen LogP contribution in [0.25, 0.3) is 0 Å². The van der Waals surface area contributed by atoms with Crippen LogP contribution in [0.4, 0.5) is 0 Å². The van der Waals surface area contributed by atoms with Crippen molar-refractivity contribution in [2.75, 3.05) is 18.6 Å². The molecule has 3 aromatic carbocycles. The van der Waals surface area contributed by atoms with Crippen LogP contribution >= 0.6 is 11.8 Å². The Bertz CT molecular complexity index is 1660. The fourth-order valence-corrected chi connectivity index (χ4v) is 5.94. The van der Waals surface area contributed by atoms with Gasteiger partial charge in [-0.1, -0.05) is 86.6 Å². The lowest BCUT2D eigenvalue weighted by atomic mass is 10.0. The van der Waals surface area contributed by atoms with Crippen LogP contribution in [0.2, 0.25) is 0 Å². The SMILES string of the molecule is CSCC[C@@H](NC(=O)[C@H](CC(C)C)NC(=O)CNC(=O)[C@H](Cc1ccccc1)NC(=O)[C@H](Cc1ccccc1)NC(=O)Cc1ccc(O)cc1)C(N)=O. The summed E-state index contributed by atoms with van der Waals surface area (Å²) in [6, 6.07) is 20.2. The molecular formula is C39H50N6O7S. The molecule has 0 unspecified atom stereocenters. The molecule has 0 saturated heterocycles. The quantitative estimate of drug-likeness (QED) is 0.0853. The fourth-order valence-electron chi connectivity index (χ4n) is 5.47. The fraction of sp³-hybridized carbons (Fsp3) is 0.385. The van der Waals surface area contributed by atoms with Crippen molar-refractivity contribution >= 4 is 47.2 Å². The van der Waals surface area contributed by atoms with E-state index in [1.165, 1.54) is 23.9 Å². The average Bonchev–Trinajstić information content (AvgIpc) is 3.12. The highest BCUT2D eigenvalue weighted by Crippen LogP contribution is 2.12. The molecule has 13 nitrogen and oxygen atoms in total. The molecule has 284 valence electrons. The predicted molar refractivity (Wildman–Crippen MR) is 204 cm³/mol. The number of nitrogens with two attached hydrogens (primary N) is 1. The number of phenolic OH excluding ortho intramolecular Hbond substituents is 1. The van der Waals surface area contributed by atoms with Gasteiger partial charge in [-0.2, -0.15) is 11.8 Å². The molecule has 14 heteroatoms. The number of primary amides is 1. The summed E-state index contributed by atoms with van der Waals surface area (Å²) in [5, 5.41) is 23.0. The van der Waals surface area contributed by atoms with E-state index in [2.05, 4.69) is 26.6 Å². The summed E-state index contributed by atoms with van der Waals surface area (Å²) < 4.78 is 0. The number of phenols is 1. The molecule has 4 atom stereocenters. The largest absolute Gasteiger partial charge is 0.508 e. The Kier molecular flexibility index (Phi) is 17.3. The van der Waals surface area contributed by atoms with E-state index in [-0.39, 0.29) is 37.4 Å². The van der Waals surface area contributed by atoms with Crippen LogP contribution in [0.3, 0.4) is 0 Å². The molecule has 53 heavy (non-hydrogen) atoms. The van der Waals surface area contributed by atoms with E-state index < -0.39 is 66.2 Å². The minimum atomic E-state index is -1.13. The molecule has 0 fully saturated rings. The smallest absolute Gasteiger partial charge is 0.243 e. The van der Waals surface area contributed by atoms with Gasteiger partial charge in [0.1, 0.15) is 29.9 Å². The summed E-state index contributed by atoms with van der Waals surface area (Å²) in [6.07, 6.45) is 2.66. The Labute approximate surface area is 314 Å². The van der Waals surface area contributed by atoms with Gasteiger partial charge in [-0.3, -0.25) is 28.8 Å². The van der Waals surface area contributed by atoms with E-state index >= 15 is 0 Å². The number of rotatable bonds is 21. The number of hydrogen-bond acceptors (Lipinski definition) is 8. The van der Waals surface area contributed by atoms with Gasteiger partial charge in [-0.15, -0.1) is 0 Å². The predicted octanol–water partition coefficient (Wildman–Crippen LogP) is 1.76. The minimum Gasteiger partial charge on any atom is -0.508 e. The van der Waals surface area contributed by atoms with Gasteiger partial charge in [0.15, 0.2) is 0 Å². The lowest BCUT2D eigenvalue weighted by molar-refractivity contribution is -0.133. The van der Waals surface area contributed by atoms with Crippen molar-refractivity contribution in [2.45, 2.75) is 70.1 Å². The van der Waals surface area contributed by atoms with Crippen LogP contribution in [0.15, 0.2) is 84.9 Å². The molecule has 3 rings (SSSR count). The van der Waals surface area contributed by atoms with Crippen molar-refractivity contribution in [3.05, 3.63) is 102 Å². The minimum absolute atomic E-state index is 0.00902. The van der Waals surface area contributed by atoms with Gasteiger partial charge >= 0.3 is 0 Å². The van der Waals surface area contributed by atoms with E-state index in [1.807, 2.05) is 56.5 Å². The molecule has 8 N–H and O–H groups in total. The second kappa shape index (κ2) is 21.9. The monoisotopic (exact) mass is 746 g/mol. The van der Waals surface area contributed by atoms with Crippen molar-refractivity contribution in [2.24, 2.45) is 11.7 Å². The van der Waals surface area contributed by atoms with Gasteiger partial charge < -0.3 is 37.4 Å². The van der Waals surface area contributed by atoms with Crippen LogP contribution in [-0.4, -0.2) is 83.3 Å². The summed E-state index contributed by atoms with van der Waals surface area (Å²) in [5.41, 5.74) is 7.65. The first-order chi connectivity index (χ1) is 25.3. The summed E-state index contributed by atoms with van der Waals surface area (Å²) in [4.78, 5) is 78.7. The van der Waals surface area contributed by atoms with E-state index in [0.717, 1.165) is 11.1 Å². The average molecular weight is 747 g/mol. The third-order valence-corrected chi connectivity index (χ3v) is 8.85. The van der Waals surface area contributed by atoms with Gasteiger partial charge in [0.05, 0.1) is 13.0 Å². The third kappa shape index (κ3) is 15.4. The Hall–Kier alpha value is -5.37. The molecule has 0 aliphatic rings. The summed E-state index contributed by atoms with van der Waals surface area (Å²) in [7, 11) is 0. The van der Waals surface area contributed by atoms with E-state index in [9.17, 15) is 33.9 Å². The number of benzene rings is 3. The molecule has 3 aromatic rings. The molecule has 0 radical (unpaired) electrons. The van der Waals surface area contributed by atoms with Crippen LogP contribution in [0.5, 0.6) is 5.75 Å². The standard InChI is InChI=1S/C39H50N6O7S/c1-25(2)20-31(38(51)44-30(36(40)49)18-19-53-3)43-35(48)24-41-37(50)32(21-26-10-6-4-7-11-26)45-39(52)33(22-27-12-8-5-9-13-27)42-34(47)23-28-14-16-29(46)17-15-28/h4-17,25,30-33,46H,18-24H2,1-3H3,(H2,40,49)(H,41,50)(H,42,47)(H,43,48)(H,44,51)(H,45,52)/t30-,31+,32+,33+/m1/s1. The zero-order chi connectivity index (χ0) is 38.8. The lowest BCUT2D eigenvalue weighted by Crippen LogP contribution is -2.57. The number of hydrogen-bond donors (Lipinski definition) is 7. The Balaban J connectivity index is 1.74. The number of amides is 6. The number of nitrogens with one attached hydrogen (secondary N) is 5. The van der Waals surface area contributed by atoms with Crippen LogP contribution in [0, 0.1) is 5.92 Å². The first-order valence-electron chi connectivity index (χ1n) is 17.5. The molecular weight excluding hydrogens is 697 g/mol. The zero-order valence-corrected chi connectivity index (χ0v) is 31.1. The first-order valence-corrected chi connectivity index (χ1v) is 18.8. The number of carbonyl (C=O) groups is 6. The maximum atomic E-state index is 13.9. The van der Waals surface area contributed by atoms with Gasteiger partial charge in [-0.05, 0) is 59.6 Å². The molecule has 6 amide bonds. The van der Waals surface area contributed by atoms with Gasteiger partial charge in [0, 0.05) is 12.8 Å². The van der Waals surface area contributed by atoms with Gasteiger partial charge in [0.25, 0.3) is 0 Å². The van der Waals surface area contributed by atoms with Crippen molar-refractivity contribution in [3.63, 3.8) is 0 Å². The van der Waals surface area contributed by atoms with E-state index in [4.69, 9.17) is 5.73 Å². The second-order valence-corrected chi connectivity index (χ2v) is 14.1. The van der Waals surface area contributed by atoms with Crippen molar-refractivity contribution < 1.29 is 33.9 Å². The van der Waals surface area contributed by atoms with Crippen molar-refractivity contribution in [1.82, 2.24) is 26.6 Å². The summed E-state index contributed by atoms with van der Waals surface area (Å²) in [5.74, 6) is -2.90. The van der Waals surface area contributed by atoms with Gasteiger partial charge in [-0.25, -0.2) is 0 Å². The number of carbonyl (C=O) groups excluding carboxylic acids is 6. The molecule has 0 spiro atoms. The van der Waals surface area contributed by atoms with Crippen LogP contribution < -0.4 is 32.3 Å². The van der Waals surface area contributed by atoms with Crippen molar-refractivity contribution in [3.8, 4) is 5.75 Å². The number of aromatic hydroxyl groups is 1. The van der Waals surface area contributed by atoms with Crippen LogP contribution in [-0.2, 0) is 48.0 Å². The molecule has 0 aliphatic heterocycles. The van der Waals surface area contributed by atoms with Crippen LogP contribution in [0.1, 0.15) is 43.4 Å².